The predicted octanol–water partition coefficient (Wildman–Crippen LogP) is 5.23. The molecule has 3 aromatic carbocycles. The highest BCUT2D eigenvalue weighted by Gasteiger charge is 2.35. The van der Waals surface area contributed by atoms with Gasteiger partial charge in [0.25, 0.3) is 5.91 Å². The maximum atomic E-state index is 13.5. The lowest BCUT2D eigenvalue weighted by molar-refractivity contribution is -0.113. The number of benzene rings is 3. The zero-order valence-corrected chi connectivity index (χ0v) is 19.1. The molecule has 168 valence electrons. The molecule has 1 N–H and O–H groups in total. The number of phenolic OH excluding ortho intramolecular Hbond substituents is 1. The Kier molecular flexibility index (Phi) is 6.55. The summed E-state index contributed by atoms with van der Waals surface area (Å²) in [5.41, 5.74) is 2.06. The Hall–Kier alpha value is -3.91. The molecule has 0 radical (unpaired) electrons. The van der Waals surface area contributed by atoms with Crippen LogP contribution in [0, 0.1) is 0 Å². The normalized spacial score (nSPS) is 15.8. The third-order valence-corrected chi connectivity index (χ3v) is 5.89. The molecule has 0 bridgehead atoms. The summed E-state index contributed by atoms with van der Waals surface area (Å²) in [5, 5.41) is 10.7. The number of amides is 1. The van der Waals surface area contributed by atoms with Crippen LogP contribution in [0.5, 0.6) is 23.0 Å². The molecule has 0 aromatic heterocycles. The summed E-state index contributed by atoms with van der Waals surface area (Å²) in [6, 6.07) is 20.0. The Morgan fingerprint density at radius 2 is 1.55 bits per heavy atom. The summed E-state index contributed by atoms with van der Waals surface area (Å²) >= 11 is 1.26. The lowest BCUT2D eigenvalue weighted by Crippen LogP contribution is -2.28. The van der Waals surface area contributed by atoms with E-state index in [1.807, 2.05) is 42.5 Å². The number of nitrogens with zero attached hydrogens (tertiary/aromatic N) is 2. The first-order valence-corrected chi connectivity index (χ1v) is 10.8. The van der Waals surface area contributed by atoms with Crippen LogP contribution in [-0.4, -0.2) is 37.5 Å². The number of amidine groups is 1. The molecule has 0 spiro atoms. The molecular formula is C25H22N2O5S. The van der Waals surface area contributed by atoms with E-state index in [9.17, 15) is 9.90 Å². The lowest BCUT2D eigenvalue weighted by Gasteiger charge is -2.16. The minimum absolute atomic E-state index is 0.0984. The summed E-state index contributed by atoms with van der Waals surface area (Å²) in [6.07, 6.45) is 1.72. The van der Waals surface area contributed by atoms with Gasteiger partial charge in [-0.15, -0.1) is 0 Å². The second-order valence-electron chi connectivity index (χ2n) is 6.95. The fraction of sp³-hybridized carbons (Fsp3) is 0.120. The van der Waals surface area contributed by atoms with Crippen LogP contribution in [0.4, 0.5) is 11.4 Å². The van der Waals surface area contributed by atoms with E-state index in [1.54, 1.807) is 42.4 Å². The van der Waals surface area contributed by atoms with Gasteiger partial charge in [0.2, 0.25) is 5.75 Å². The van der Waals surface area contributed by atoms with Crippen LogP contribution >= 0.6 is 11.8 Å². The van der Waals surface area contributed by atoms with Crippen LogP contribution < -0.4 is 19.1 Å². The highest BCUT2D eigenvalue weighted by atomic mass is 32.2. The van der Waals surface area contributed by atoms with E-state index in [0.717, 1.165) is 5.69 Å². The van der Waals surface area contributed by atoms with Crippen LogP contribution in [0.25, 0.3) is 6.08 Å². The quantitative estimate of drug-likeness (QED) is 0.506. The number of phenols is 1. The van der Waals surface area contributed by atoms with E-state index in [0.29, 0.717) is 27.1 Å². The molecule has 8 heteroatoms. The van der Waals surface area contributed by atoms with Crippen LogP contribution in [0.15, 0.2) is 76.6 Å². The number of rotatable bonds is 6. The maximum absolute atomic E-state index is 13.5. The minimum Gasteiger partial charge on any atom is -0.502 e. The number of para-hydroxylation sites is 1. The second kappa shape index (κ2) is 9.70. The smallest absolute Gasteiger partial charge is 0.271 e. The zero-order chi connectivity index (χ0) is 23.4. The zero-order valence-electron chi connectivity index (χ0n) is 18.3. The maximum Gasteiger partial charge on any atom is 0.271 e. The van der Waals surface area contributed by atoms with Gasteiger partial charge in [0.15, 0.2) is 16.7 Å². The van der Waals surface area contributed by atoms with Crippen molar-refractivity contribution in [2.24, 2.45) is 4.99 Å². The first kappa shape index (κ1) is 22.3. The number of hydrogen-bond donors (Lipinski definition) is 1. The van der Waals surface area contributed by atoms with Gasteiger partial charge >= 0.3 is 0 Å². The number of aliphatic imine (C=N–C) groups is 1. The molecule has 0 unspecified atom stereocenters. The molecule has 1 amide bonds. The summed E-state index contributed by atoms with van der Waals surface area (Å²) in [4.78, 5) is 20.2. The fourth-order valence-electron chi connectivity index (χ4n) is 3.27. The molecule has 1 saturated heterocycles. The highest BCUT2D eigenvalue weighted by Crippen LogP contribution is 2.41. The van der Waals surface area contributed by atoms with E-state index < -0.39 is 0 Å². The van der Waals surface area contributed by atoms with Crippen LogP contribution in [0.1, 0.15) is 5.56 Å². The van der Waals surface area contributed by atoms with Crippen LogP contribution in [0.2, 0.25) is 0 Å². The number of carbonyl (C=O) groups excluding carboxylic acids is 1. The van der Waals surface area contributed by atoms with Crippen molar-refractivity contribution in [1.82, 2.24) is 0 Å². The van der Waals surface area contributed by atoms with Gasteiger partial charge < -0.3 is 19.3 Å². The molecule has 3 aromatic rings. The van der Waals surface area contributed by atoms with Crippen molar-refractivity contribution in [3.05, 3.63) is 77.2 Å². The van der Waals surface area contributed by atoms with Gasteiger partial charge in [0.1, 0.15) is 5.75 Å². The van der Waals surface area contributed by atoms with Crippen molar-refractivity contribution in [2.75, 3.05) is 26.2 Å². The summed E-state index contributed by atoms with van der Waals surface area (Å²) in [6.45, 7) is 0. The molecule has 1 aliphatic rings. The van der Waals surface area contributed by atoms with E-state index in [-0.39, 0.29) is 23.2 Å². The van der Waals surface area contributed by atoms with Crippen molar-refractivity contribution in [3.63, 3.8) is 0 Å². The van der Waals surface area contributed by atoms with Gasteiger partial charge in [0.05, 0.1) is 37.6 Å². The molecule has 33 heavy (non-hydrogen) atoms. The molecule has 0 saturated carbocycles. The number of methoxy groups -OCH3 is 3. The van der Waals surface area contributed by atoms with E-state index in [2.05, 4.69) is 0 Å². The predicted molar refractivity (Wildman–Crippen MR) is 131 cm³/mol. The largest absolute Gasteiger partial charge is 0.502 e. The van der Waals surface area contributed by atoms with Gasteiger partial charge in [-0.05, 0) is 71.9 Å². The number of anilines is 1. The Morgan fingerprint density at radius 1 is 0.909 bits per heavy atom. The van der Waals surface area contributed by atoms with Crippen molar-refractivity contribution in [3.8, 4) is 23.0 Å². The Balaban J connectivity index is 1.78. The van der Waals surface area contributed by atoms with Gasteiger partial charge in [-0.1, -0.05) is 18.2 Å². The topological polar surface area (TPSA) is 80.6 Å². The second-order valence-corrected chi connectivity index (χ2v) is 7.96. The van der Waals surface area contributed by atoms with Crippen LogP contribution in [-0.2, 0) is 4.79 Å². The average molecular weight is 463 g/mol. The van der Waals surface area contributed by atoms with Gasteiger partial charge in [-0.25, -0.2) is 4.99 Å². The summed E-state index contributed by atoms with van der Waals surface area (Å²) < 4.78 is 15.7. The van der Waals surface area contributed by atoms with E-state index in [4.69, 9.17) is 19.2 Å². The number of thioether (sulfide) groups is 1. The van der Waals surface area contributed by atoms with E-state index in [1.165, 1.54) is 26.0 Å². The van der Waals surface area contributed by atoms with Gasteiger partial charge in [0, 0.05) is 0 Å². The highest BCUT2D eigenvalue weighted by molar-refractivity contribution is 8.19. The van der Waals surface area contributed by atoms with Gasteiger partial charge in [-0.3, -0.25) is 9.69 Å². The molecule has 4 rings (SSSR count). The molecule has 0 aliphatic carbocycles. The third-order valence-electron chi connectivity index (χ3n) is 4.92. The Bertz CT molecular complexity index is 1200. The number of carbonyl (C=O) groups is 1. The van der Waals surface area contributed by atoms with E-state index >= 15 is 0 Å². The van der Waals surface area contributed by atoms with Gasteiger partial charge in [-0.2, -0.15) is 0 Å². The van der Waals surface area contributed by atoms with Crippen molar-refractivity contribution in [2.45, 2.75) is 0 Å². The monoisotopic (exact) mass is 462 g/mol. The molecular weight excluding hydrogens is 440 g/mol. The molecule has 1 fully saturated rings. The number of hydrogen-bond acceptors (Lipinski definition) is 7. The number of ether oxygens (including phenoxy) is 3. The first-order valence-electron chi connectivity index (χ1n) is 10.0. The first-order chi connectivity index (χ1) is 16.0. The number of aromatic hydroxyl groups is 1. The Morgan fingerprint density at radius 3 is 2.12 bits per heavy atom. The fourth-order valence-corrected chi connectivity index (χ4v) is 4.27. The lowest BCUT2D eigenvalue weighted by atomic mass is 10.1. The summed E-state index contributed by atoms with van der Waals surface area (Å²) in [7, 11) is 4.50. The SMILES string of the molecule is COc1ccc(N2C(=O)/C(=C/c3cc(OC)c(O)c(OC)c3)SC2=Nc2ccccc2)cc1. The van der Waals surface area contributed by atoms with Crippen LogP contribution in [0.3, 0.4) is 0 Å². The molecule has 1 aliphatic heterocycles. The van der Waals surface area contributed by atoms with Crippen molar-refractivity contribution < 1.29 is 24.1 Å². The average Bonchev–Trinajstić information content (AvgIpc) is 3.14. The standard InChI is InChI=1S/C25H22N2O5S/c1-30-19-11-9-18(10-12-19)27-24(29)22(33-25(27)26-17-7-5-4-6-8-17)15-16-13-20(31-2)23(28)21(14-16)32-3/h4-15,28H,1-3H3/b22-15-,26-25?. The van der Waals surface area contributed by atoms with Crippen molar-refractivity contribution >= 4 is 40.3 Å². The third kappa shape index (κ3) is 4.65. The minimum atomic E-state index is -0.217. The Labute approximate surface area is 195 Å². The molecule has 7 nitrogen and oxygen atoms in total. The molecule has 0 atom stereocenters. The molecule has 1 heterocycles. The van der Waals surface area contributed by atoms with Crippen molar-refractivity contribution in [1.29, 1.82) is 0 Å². The summed E-state index contributed by atoms with van der Waals surface area (Å²) in [5.74, 6) is 0.881.